The van der Waals surface area contributed by atoms with Crippen LogP contribution in [0.25, 0.3) is 0 Å². The molecule has 112 valence electrons. The first-order chi connectivity index (χ1) is 9.35. The third kappa shape index (κ3) is 3.68. The van der Waals surface area contributed by atoms with Crippen LogP contribution in [0.15, 0.2) is 11.3 Å². The number of hydrogen-bond acceptors (Lipinski definition) is 4. The second kappa shape index (κ2) is 6.67. The number of rotatable bonds is 6. The summed E-state index contributed by atoms with van der Waals surface area (Å²) in [6, 6.07) is 0. The topological polar surface area (TPSA) is 50.2 Å². The minimum absolute atomic E-state index is 0.0116. The zero-order valence-corrected chi connectivity index (χ0v) is 11.8. The fraction of sp³-hybridized carbons (Fsp3) is 0.615. The van der Waals surface area contributed by atoms with Crippen molar-refractivity contribution in [3.63, 3.8) is 0 Å². The van der Waals surface area contributed by atoms with Crippen LogP contribution in [-0.4, -0.2) is 29.9 Å². The third-order valence-corrected chi connectivity index (χ3v) is 3.33. The molecule has 1 heterocycles. The highest BCUT2D eigenvalue weighted by atomic mass is 19.4. The standard InChI is InChI=1S/C13H19F3N4/c1-5-9(6-8(2)13(14,15)16)10-11(17-3)12(18-4)20-7-19-10/h7-9,17H,4-6H2,1-3H3. The highest BCUT2D eigenvalue weighted by molar-refractivity contribution is 5.66. The van der Waals surface area contributed by atoms with E-state index in [0.29, 0.717) is 23.6 Å². The first-order valence-corrected chi connectivity index (χ1v) is 6.41. The molecule has 0 aliphatic rings. The van der Waals surface area contributed by atoms with Gasteiger partial charge in [0.15, 0.2) is 5.82 Å². The van der Waals surface area contributed by atoms with Gasteiger partial charge in [-0.2, -0.15) is 13.2 Å². The Balaban J connectivity index is 3.10. The summed E-state index contributed by atoms with van der Waals surface area (Å²) in [4.78, 5) is 11.8. The Labute approximate surface area is 116 Å². The van der Waals surface area contributed by atoms with Crippen molar-refractivity contribution in [3.8, 4) is 0 Å². The molecule has 0 aliphatic carbocycles. The Kier molecular flexibility index (Phi) is 5.47. The minimum atomic E-state index is -4.19. The molecule has 7 heteroatoms. The molecule has 2 atom stereocenters. The Morgan fingerprint density at radius 1 is 1.40 bits per heavy atom. The van der Waals surface area contributed by atoms with E-state index < -0.39 is 12.1 Å². The van der Waals surface area contributed by atoms with Crippen molar-refractivity contribution in [2.45, 2.75) is 38.8 Å². The summed E-state index contributed by atoms with van der Waals surface area (Å²) in [6.07, 6.45) is -2.34. The minimum Gasteiger partial charge on any atom is -0.384 e. The monoisotopic (exact) mass is 288 g/mol. The second-order valence-electron chi connectivity index (χ2n) is 4.65. The van der Waals surface area contributed by atoms with Gasteiger partial charge in [-0.1, -0.05) is 13.8 Å². The van der Waals surface area contributed by atoms with Crippen LogP contribution >= 0.6 is 0 Å². The van der Waals surface area contributed by atoms with Crippen LogP contribution in [0, 0.1) is 5.92 Å². The summed E-state index contributed by atoms with van der Waals surface area (Å²) >= 11 is 0. The van der Waals surface area contributed by atoms with E-state index in [9.17, 15) is 13.2 Å². The van der Waals surface area contributed by atoms with E-state index in [0.717, 1.165) is 0 Å². The molecule has 0 saturated carbocycles. The molecule has 2 unspecified atom stereocenters. The molecule has 1 aromatic heterocycles. The van der Waals surface area contributed by atoms with Crippen molar-refractivity contribution >= 4 is 18.2 Å². The lowest BCUT2D eigenvalue weighted by atomic mass is 9.89. The zero-order valence-electron chi connectivity index (χ0n) is 11.8. The van der Waals surface area contributed by atoms with E-state index in [1.165, 1.54) is 13.3 Å². The molecule has 4 nitrogen and oxygen atoms in total. The van der Waals surface area contributed by atoms with E-state index in [2.05, 4.69) is 27.0 Å². The van der Waals surface area contributed by atoms with Crippen molar-refractivity contribution in [3.05, 3.63) is 12.0 Å². The van der Waals surface area contributed by atoms with Gasteiger partial charge in [-0.3, -0.25) is 0 Å². The molecule has 0 spiro atoms. The van der Waals surface area contributed by atoms with Crippen LogP contribution < -0.4 is 5.32 Å². The normalized spacial score (nSPS) is 14.7. The molecule has 0 aliphatic heterocycles. The SMILES string of the molecule is C=Nc1ncnc(C(CC)CC(C)C(F)(F)F)c1NC. The van der Waals surface area contributed by atoms with Crippen molar-refractivity contribution < 1.29 is 13.2 Å². The van der Waals surface area contributed by atoms with Gasteiger partial charge in [0.25, 0.3) is 0 Å². The molecule has 0 radical (unpaired) electrons. The van der Waals surface area contributed by atoms with Crippen LogP contribution in [0.4, 0.5) is 24.7 Å². The van der Waals surface area contributed by atoms with Crippen LogP contribution in [0.2, 0.25) is 0 Å². The molecule has 1 aromatic rings. The van der Waals surface area contributed by atoms with E-state index in [-0.39, 0.29) is 12.3 Å². The van der Waals surface area contributed by atoms with Crippen LogP contribution in [-0.2, 0) is 0 Å². The van der Waals surface area contributed by atoms with E-state index >= 15 is 0 Å². The average molecular weight is 288 g/mol. The van der Waals surface area contributed by atoms with Crippen molar-refractivity contribution in [1.29, 1.82) is 0 Å². The molecule has 0 aromatic carbocycles. The van der Waals surface area contributed by atoms with Crippen LogP contribution in [0.1, 0.15) is 38.3 Å². The maximum atomic E-state index is 12.7. The Hall–Kier alpha value is -1.66. The van der Waals surface area contributed by atoms with E-state index in [1.54, 1.807) is 7.05 Å². The lowest BCUT2D eigenvalue weighted by molar-refractivity contribution is -0.172. The quantitative estimate of drug-likeness (QED) is 0.807. The molecular weight excluding hydrogens is 269 g/mol. The molecule has 20 heavy (non-hydrogen) atoms. The number of halogens is 3. The summed E-state index contributed by atoms with van der Waals surface area (Å²) in [6.45, 7) is 6.44. The molecule has 0 amide bonds. The number of aliphatic imine (C=N–C) groups is 1. The fourth-order valence-corrected chi connectivity index (χ4v) is 2.09. The molecular formula is C13H19F3N4. The molecule has 1 rings (SSSR count). The largest absolute Gasteiger partial charge is 0.391 e. The average Bonchev–Trinajstić information content (AvgIpc) is 2.42. The van der Waals surface area contributed by atoms with Crippen molar-refractivity contribution in [2.75, 3.05) is 12.4 Å². The number of anilines is 1. The Bertz CT molecular complexity index is 459. The predicted molar refractivity (Wildman–Crippen MR) is 73.7 cm³/mol. The van der Waals surface area contributed by atoms with E-state index in [4.69, 9.17) is 0 Å². The first kappa shape index (κ1) is 16.4. The van der Waals surface area contributed by atoms with Crippen LogP contribution in [0.3, 0.4) is 0 Å². The van der Waals surface area contributed by atoms with Gasteiger partial charge in [0.2, 0.25) is 0 Å². The number of nitrogens with zero attached hydrogens (tertiary/aromatic N) is 3. The highest BCUT2D eigenvalue weighted by Crippen LogP contribution is 2.38. The van der Waals surface area contributed by atoms with Gasteiger partial charge >= 0.3 is 6.18 Å². The summed E-state index contributed by atoms with van der Waals surface area (Å²) in [5, 5.41) is 2.90. The number of aromatic nitrogens is 2. The van der Waals surface area contributed by atoms with Gasteiger partial charge in [-0.15, -0.1) is 0 Å². The summed E-state index contributed by atoms with van der Waals surface area (Å²) < 4.78 is 38.1. The fourth-order valence-electron chi connectivity index (χ4n) is 2.09. The lowest BCUT2D eigenvalue weighted by Crippen LogP contribution is -2.22. The first-order valence-electron chi connectivity index (χ1n) is 6.41. The van der Waals surface area contributed by atoms with Gasteiger partial charge in [0.05, 0.1) is 11.6 Å². The predicted octanol–water partition coefficient (Wildman–Crippen LogP) is 3.93. The van der Waals surface area contributed by atoms with Crippen LogP contribution in [0.5, 0.6) is 0 Å². The maximum Gasteiger partial charge on any atom is 0.391 e. The van der Waals surface area contributed by atoms with Gasteiger partial charge in [0, 0.05) is 13.0 Å². The van der Waals surface area contributed by atoms with Gasteiger partial charge in [-0.05, 0) is 19.6 Å². The zero-order chi connectivity index (χ0) is 15.3. The van der Waals surface area contributed by atoms with E-state index in [1.807, 2.05) is 6.92 Å². The number of nitrogens with one attached hydrogen (secondary N) is 1. The van der Waals surface area contributed by atoms with Gasteiger partial charge in [0.1, 0.15) is 12.0 Å². The number of hydrogen-bond donors (Lipinski definition) is 1. The number of alkyl halides is 3. The lowest BCUT2D eigenvalue weighted by Gasteiger charge is -2.23. The van der Waals surface area contributed by atoms with Gasteiger partial charge < -0.3 is 5.32 Å². The summed E-state index contributed by atoms with van der Waals surface area (Å²) in [7, 11) is 1.66. The second-order valence-corrected chi connectivity index (χ2v) is 4.65. The smallest absolute Gasteiger partial charge is 0.384 e. The molecule has 0 fully saturated rings. The van der Waals surface area contributed by atoms with Crippen molar-refractivity contribution in [2.24, 2.45) is 10.9 Å². The highest BCUT2D eigenvalue weighted by Gasteiger charge is 2.37. The molecule has 0 saturated heterocycles. The maximum absolute atomic E-state index is 12.7. The molecule has 1 N–H and O–H groups in total. The summed E-state index contributed by atoms with van der Waals surface area (Å²) in [5.74, 6) is -1.33. The Morgan fingerprint density at radius 2 is 2.05 bits per heavy atom. The molecule has 0 bridgehead atoms. The summed E-state index contributed by atoms with van der Waals surface area (Å²) in [5.41, 5.74) is 1.10. The third-order valence-electron chi connectivity index (χ3n) is 3.33. The van der Waals surface area contributed by atoms with Gasteiger partial charge in [-0.25, -0.2) is 15.0 Å². The van der Waals surface area contributed by atoms with Crippen molar-refractivity contribution in [1.82, 2.24) is 9.97 Å². The Morgan fingerprint density at radius 3 is 2.50 bits per heavy atom.